The number of allylic oxidation sites excluding steroid dienone is 1. The molecule has 0 saturated heterocycles. The molecule has 1 atom stereocenters. The second-order valence-electron chi connectivity index (χ2n) is 6.77. The summed E-state index contributed by atoms with van der Waals surface area (Å²) in [7, 11) is 0. The lowest BCUT2D eigenvalue weighted by Gasteiger charge is -2.32. The van der Waals surface area contributed by atoms with E-state index in [0.29, 0.717) is 17.5 Å². The van der Waals surface area contributed by atoms with Gasteiger partial charge >= 0.3 is 0 Å². The lowest BCUT2D eigenvalue weighted by atomic mass is 10.0. The molecular formula is C21H21ClN6O. The van der Waals surface area contributed by atoms with E-state index in [4.69, 9.17) is 11.6 Å². The largest absolute Gasteiger partial charge is 0.355 e. The molecule has 0 saturated carbocycles. The summed E-state index contributed by atoms with van der Waals surface area (Å²) in [5.41, 5.74) is 2.88. The van der Waals surface area contributed by atoms with Gasteiger partial charge in [-0.15, -0.1) is 0 Å². The van der Waals surface area contributed by atoms with Gasteiger partial charge in [0.15, 0.2) is 0 Å². The average molecular weight is 409 g/mol. The standard InChI is InChI=1S/C21H21ClN6O/c1-2-12-23-20(29)14-27-18(15-6-4-3-5-7-15)13-19(28-21(27)24-25-26-28)16-8-10-17(22)11-9-16/h3-11,13,19H,2,12,14H2,1H3,(H,23,29)/t19-/m0/s1. The Morgan fingerprint density at radius 2 is 1.90 bits per heavy atom. The highest BCUT2D eigenvalue weighted by Crippen LogP contribution is 2.36. The molecule has 1 amide bonds. The zero-order valence-electron chi connectivity index (χ0n) is 16.0. The van der Waals surface area contributed by atoms with Gasteiger partial charge in [0.05, 0.1) is 5.70 Å². The Bertz CT molecular complexity index is 1020. The molecule has 1 aliphatic rings. The van der Waals surface area contributed by atoms with Crippen LogP contribution >= 0.6 is 11.6 Å². The first-order valence-electron chi connectivity index (χ1n) is 9.52. The number of carbonyl (C=O) groups excluding carboxylic acids is 1. The number of rotatable bonds is 6. The van der Waals surface area contributed by atoms with Gasteiger partial charge in [0, 0.05) is 11.6 Å². The second kappa shape index (κ2) is 8.45. The predicted molar refractivity (Wildman–Crippen MR) is 112 cm³/mol. The van der Waals surface area contributed by atoms with Crippen LogP contribution in [0.5, 0.6) is 0 Å². The molecule has 148 valence electrons. The van der Waals surface area contributed by atoms with Crippen LogP contribution in [0.3, 0.4) is 0 Å². The number of fused-ring (bicyclic) bond motifs is 1. The molecule has 7 nitrogen and oxygen atoms in total. The molecule has 0 radical (unpaired) electrons. The third-order valence-corrected chi connectivity index (χ3v) is 4.99. The van der Waals surface area contributed by atoms with E-state index in [1.807, 2.05) is 66.4 Å². The molecule has 4 rings (SSSR count). The zero-order chi connectivity index (χ0) is 20.2. The molecule has 2 heterocycles. The number of nitrogens with one attached hydrogen (secondary N) is 1. The van der Waals surface area contributed by atoms with Crippen molar-refractivity contribution in [2.45, 2.75) is 19.4 Å². The van der Waals surface area contributed by atoms with Crippen molar-refractivity contribution in [2.75, 3.05) is 18.0 Å². The van der Waals surface area contributed by atoms with Crippen LogP contribution in [0.2, 0.25) is 5.02 Å². The van der Waals surface area contributed by atoms with E-state index in [1.165, 1.54) is 0 Å². The van der Waals surface area contributed by atoms with Crippen LogP contribution < -0.4 is 10.2 Å². The number of amides is 1. The highest BCUT2D eigenvalue weighted by atomic mass is 35.5. The Morgan fingerprint density at radius 3 is 2.62 bits per heavy atom. The van der Waals surface area contributed by atoms with Gasteiger partial charge in [-0.05, 0) is 46.2 Å². The maximum absolute atomic E-state index is 12.5. The van der Waals surface area contributed by atoms with Gasteiger partial charge in [0.2, 0.25) is 5.91 Å². The van der Waals surface area contributed by atoms with Crippen molar-refractivity contribution < 1.29 is 4.79 Å². The van der Waals surface area contributed by atoms with Crippen molar-refractivity contribution in [1.82, 2.24) is 25.5 Å². The lowest BCUT2D eigenvalue weighted by Crippen LogP contribution is -2.40. The molecule has 0 bridgehead atoms. The Morgan fingerprint density at radius 1 is 1.14 bits per heavy atom. The molecule has 0 fully saturated rings. The van der Waals surface area contributed by atoms with Crippen molar-refractivity contribution in [3.63, 3.8) is 0 Å². The summed E-state index contributed by atoms with van der Waals surface area (Å²) in [5, 5.41) is 15.9. The van der Waals surface area contributed by atoms with Crippen molar-refractivity contribution in [3.8, 4) is 0 Å². The summed E-state index contributed by atoms with van der Waals surface area (Å²) < 4.78 is 1.72. The zero-order valence-corrected chi connectivity index (χ0v) is 16.8. The number of halogens is 1. The van der Waals surface area contributed by atoms with Crippen LogP contribution in [0.15, 0.2) is 60.7 Å². The lowest BCUT2D eigenvalue weighted by molar-refractivity contribution is -0.119. The Balaban J connectivity index is 1.78. The number of hydrogen-bond acceptors (Lipinski definition) is 5. The van der Waals surface area contributed by atoms with E-state index < -0.39 is 0 Å². The van der Waals surface area contributed by atoms with Crippen molar-refractivity contribution in [2.24, 2.45) is 0 Å². The first-order chi connectivity index (χ1) is 14.2. The molecule has 1 aromatic heterocycles. The molecule has 2 aromatic carbocycles. The molecule has 3 aromatic rings. The Labute approximate surface area is 174 Å². The molecule has 1 aliphatic heterocycles. The van der Waals surface area contributed by atoms with Gasteiger partial charge in [-0.2, -0.15) is 4.68 Å². The summed E-state index contributed by atoms with van der Waals surface area (Å²) in [5.74, 6) is 0.450. The maximum Gasteiger partial charge on any atom is 0.251 e. The quantitative estimate of drug-likeness (QED) is 0.677. The molecule has 0 spiro atoms. The SMILES string of the molecule is CCCNC(=O)CN1C(c2ccccc2)=C[C@@H](c2ccc(Cl)cc2)n2nnnc21. The summed E-state index contributed by atoms with van der Waals surface area (Å²) in [4.78, 5) is 14.3. The normalized spacial score (nSPS) is 15.6. The number of hydrogen-bond donors (Lipinski definition) is 1. The van der Waals surface area contributed by atoms with Crippen molar-refractivity contribution in [1.29, 1.82) is 0 Å². The van der Waals surface area contributed by atoms with Crippen LogP contribution in [-0.2, 0) is 4.79 Å². The highest BCUT2D eigenvalue weighted by Gasteiger charge is 2.31. The number of nitrogens with zero attached hydrogens (tertiary/aromatic N) is 5. The van der Waals surface area contributed by atoms with Gasteiger partial charge in [-0.25, -0.2) is 0 Å². The first kappa shape index (κ1) is 19.1. The summed E-state index contributed by atoms with van der Waals surface area (Å²) in [6.07, 6.45) is 2.96. The molecule has 29 heavy (non-hydrogen) atoms. The monoisotopic (exact) mass is 408 g/mol. The van der Waals surface area contributed by atoms with E-state index in [2.05, 4.69) is 26.9 Å². The number of tetrazole rings is 1. The van der Waals surface area contributed by atoms with Crippen LogP contribution in [0, 0.1) is 0 Å². The maximum atomic E-state index is 12.5. The van der Waals surface area contributed by atoms with E-state index in [-0.39, 0.29) is 18.5 Å². The Kier molecular flexibility index (Phi) is 5.57. The van der Waals surface area contributed by atoms with Gasteiger partial charge in [-0.1, -0.05) is 66.1 Å². The van der Waals surface area contributed by atoms with E-state index in [0.717, 1.165) is 23.2 Å². The van der Waals surface area contributed by atoms with Gasteiger partial charge in [-0.3, -0.25) is 9.69 Å². The average Bonchev–Trinajstić information content (AvgIpc) is 3.24. The van der Waals surface area contributed by atoms with E-state index in [9.17, 15) is 4.79 Å². The van der Waals surface area contributed by atoms with Gasteiger partial charge in [0.1, 0.15) is 12.6 Å². The van der Waals surface area contributed by atoms with Gasteiger partial charge < -0.3 is 5.32 Å². The summed E-state index contributed by atoms with van der Waals surface area (Å²) in [6.45, 7) is 2.79. The molecular weight excluding hydrogens is 388 g/mol. The van der Waals surface area contributed by atoms with E-state index in [1.54, 1.807) is 4.68 Å². The molecule has 0 aliphatic carbocycles. The van der Waals surface area contributed by atoms with Crippen LogP contribution in [0.1, 0.15) is 30.5 Å². The number of anilines is 1. The van der Waals surface area contributed by atoms with Crippen LogP contribution in [0.4, 0.5) is 5.95 Å². The van der Waals surface area contributed by atoms with Crippen molar-refractivity contribution in [3.05, 3.63) is 76.8 Å². The first-order valence-corrected chi connectivity index (χ1v) is 9.90. The molecule has 1 N–H and O–H groups in total. The number of carbonyl (C=O) groups is 1. The van der Waals surface area contributed by atoms with Crippen molar-refractivity contribution >= 4 is 29.2 Å². The third-order valence-electron chi connectivity index (χ3n) is 4.74. The minimum atomic E-state index is -0.206. The highest BCUT2D eigenvalue weighted by molar-refractivity contribution is 6.30. The molecule has 0 unspecified atom stereocenters. The third kappa shape index (κ3) is 4.00. The van der Waals surface area contributed by atoms with Crippen LogP contribution in [0.25, 0.3) is 5.70 Å². The topological polar surface area (TPSA) is 75.9 Å². The number of aromatic nitrogens is 4. The second-order valence-corrected chi connectivity index (χ2v) is 7.21. The predicted octanol–water partition coefficient (Wildman–Crippen LogP) is 3.30. The minimum absolute atomic E-state index is 0.0758. The fourth-order valence-corrected chi connectivity index (χ4v) is 3.47. The van der Waals surface area contributed by atoms with Gasteiger partial charge in [0.25, 0.3) is 5.95 Å². The molecule has 8 heteroatoms. The fourth-order valence-electron chi connectivity index (χ4n) is 3.34. The summed E-state index contributed by atoms with van der Waals surface area (Å²) >= 11 is 6.06. The van der Waals surface area contributed by atoms with Crippen LogP contribution in [-0.4, -0.2) is 39.2 Å². The summed E-state index contributed by atoms with van der Waals surface area (Å²) in [6, 6.07) is 17.3. The Hall–Kier alpha value is -3.19. The minimum Gasteiger partial charge on any atom is -0.355 e. The number of benzene rings is 2. The smallest absolute Gasteiger partial charge is 0.251 e. The van der Waals surface area contributed by atoms with E-state index >= 15 is 0 Å². The fraction of sp³-hybridized carbons (Fsp3) is 0.238.